The van der Waals surface area contributed by atoms with Crippen molar-refractivity contribution in [2.75, 3.05) is 0 Å². The Labute approximate surface area is 178 Å². The molecule has 0 fully saturated rings. The molecule has 164 valence electrons. The summed E-state index contributed by atoms with van der Waals surface area (Å²) in [5.41, 5.74) is 2.19. The van der Waals surface area contributed by atoms with Gasteiger partial charge in [-0.25, -0.2) is 8.78 Å². The van der Waals surface area contributed by atoms with E-state index >= 15 is 4.39 Å². The minimum Gasteiger partial charge on any atom is -0.450 e. The summed E-state index contributed by atoms with van der Waals surface area (Å²) >= 11 is 0. The van der Waals surface area contributed by atoms with E-state index in [4.69, 9.17) is 4.74 Å². The number of benzene rings is 2. The molecular weight excluding hydrogens is 385 g/mol. The van der Waals surface area contributed by atoms with E-state index in [2.05, 4.69) is 20.8 Å². The Morgan fingerprint density at radius 2 is 1.50 bits per heavy atom. The number of aryl methyl sites for hydroxylation is 2. The van der Waals surface area contributed by atoms with Crippen LogP contribution in [-0.4, -0.2) is 0 Å². The van der Waals surface area contributed by atoms with Crippen molar-refractivity contribution in [3.8, 4) is 11.5 Å². The largest absolute Gasteiger partial charge is 0.450 e. The molecule has 1 nitrogen and oxygen atoms in total. The second kappa shape index (κ2) is 9.89. The van der Waals surface area contributed by atoms with Gasteiger partial charge in [0, 0.05) is 17.5 Å². The first kappa shape index (κ1) is 22.7. The van der Waals surface area contributed by atoms with Crippen LogP contribution in [0.4, 0.5) is 13.2 Å². The summed E-state index contributed by atoms with van der Waals surface area (Å²) < 4.78 is 49.7. The molecule has 0 amide bonds. The topological polar surface area (TPSA) is 9.23 Å². The van der Waals surface area contributed by atoms with Gasteiger partial charge in [0.1, 0.15) is 0 Å². The van der Waals surface area contributed by atoms with E-state index in [-0.39, 0.29) is 11.5 Å². The Morgan fingerprint density at radius 3 is 2.20 bits per heavy atom. The molecule has 1 aliphatic rings. The fraction of sp³-hybridized carbons (Fsp3) is 0.538. The highest BCUT2D eigenvalue weighted by Gasteiger charge is 2.28. The third-order valence-electron chi connectivity index (χ3n) is 6.43. The lowest BCUT2D eigenvalue weighted by atomic mass is 9.91. The normalized spacial score (nSPS) is 14.6. The molecule has 2 atom stereocenters. The minimum absolute atomic E-state index is 0.0498. The van der Waals surface area contributed by atoms with Gasteiger partial charge in [-0.15, -0.1) is 0 Å². The summed E-state index contributed by atoms with van der Waals surface area (Å²) in [4.78, 5) is 0. The van der Waals surface area contributed by atoms with Crippen molar-refractivity contribution >= 4 is 0 Å². The molecule has 3 rings (SSSR count). The Balaban J connectivity index is 1.76. The van der Waals surface area contributed by atoms with Crippen molar-refractivity contribution < 1.29 is 17.9 Å². The summed E-state index contributed by atoms with van der Waals surface area (Å²) in [6.07, 6.45) is 6.55. The number of hydrogen-bond acceptors (Lipinski definition) is 1. The maximum Gasteiger partial charge on any atom is 0.201 e. The number of ether oxygens (including phenoxy) is 1. The molecule has 0 aliphatic carbocycles. The van der Waals surface area contributed by atoms with Crippen molar-refractivity contribution in [3.63, 3.8) is 0 Å². The predicted octanol–water partition coefficient (Wildman–Crippen LogP) is 8.15. The first-order valence-corrected chi connectivity index (χ1v) is 11.3. The molecule has 0 aromatic heterocycles. The molecule has 0 radical (unpaired) electrons. The van der Waals surface area contributed by atoms with Gasteiger partial charge < -0.3 is 4.74 Å². The number of halogens is 3. The number of hydrogen-bond donors (Lipinski definition) is 0. The van der Waals surface area contributed by atoms with Crippen LogP contribution in [0, 0.1) is 29.3 Å². The molecule has 4 heteroatoms. The van der Waals surface area contributed by atoms with Gasteiger partial charge in [-0.2, -0.15) is 4.39 Å². The quantitative estimate of drug-likeness (QED) is 0.341. The fourth-order valence-corrected chi connectivity index (χ4v) is 4.12. The zero-order valence-corrected chi connectivity index (χ0v) is 18.6. The second-order valence-electron chi connectivity index (χ2n) is 8.94. The SMILES string of the molecule is CCCc1cc2c(c(F)c1F)Oc1c(ccc(CCC(C)CCC(C)CC)c1F)C2. The number of rotatable bonds is 9. The molecular formula is C26H33F3O. The predicted molar refractivity (Wildman–Crippen MR) is 116 cm³/mol. The zero-order valence-electron chi connectivity index (χ0n) is 18.6. The molecule has 0 N–H and O–H groups in total. The average Bonchev–Trinajstić information content (AvgIpc) is 2.74. The summed E-state index contributed by atoms with van der Waals surface area (Å²) in [5.74, 6) is -1.22. The van der Waals surface area contributed by atoms with Crippen molar-refractivity contribution in [2.24, 2.45) is 11.8 Å². The van der Waals surface area contributed by atoms with Gasteiger partial charge in [0.05, 0.1) is 0 Å². The molecule has 30 heavy (non-hydrogen) atoms. The van der Waals surface area contributed by atoms with Crippen LogP contribution in [0.25, 0.3) is 0 Å². The summed E-state index contributed by atoms with van der Waals surface area (Å²) in [6.45, 7) is 8.59. The van der Waals surface area contributed by atoms with Crippen molar-refractivity contribution in [1.29, 1.82) is 0 Å². The van der Waals surface area contributed by atoms with Gasteiger partial charge in [-0.05, 0) is 48.3 Å². The molecule has 1 heterocycles. The lowest BCUT2D eigenvalue weighted by Gasteiger charge is -2.23. The van der Waals surface area contributed by atoms with Crippen LogP contribution in [0.1, 0.15) is 82.1 Å². The maximum absolute atomic E-state index is 15.2. The van der Waals surface area contributed by atoms with E-state index in [1.54, 1.807) is 6.07 Å². The molecule has 2 aromatic carbocycles. The smallest absolute Gasteiger partial charge is 0.201 e. The standard InChI is InChI=1S/C26H33F3O/c1-5-7-19-14-21-15-20-13-12-18(11-10-17(4)9-8-16(3)6-2)23(28)25(20)30-26(21)24(29)22(19)27/h12-14,16-17H,5-11,15H2,1-4H3. The summed E-state index contributed by atoms with van der Waals surface area (Å²) in [5, 5.41) is 0. The van der Waals surface area contributed by atoms with Gasteiger partial charge in [-0.1, -0.05) is 65.5 Å². The maximum atomic E-state index is 15.2. The Kier molecular flexibility index (Phi) is 7.49. The first-order valence-electron chi connectivity index (χ1n) is 11.3. The lowest BCUT2D eigenvalue weighted by Crippen LogP contribution is -2.11. The van der Waals surface area contributed by atoms with E-state index in [1.807, 2.05) is 19.1 Å². The van der Waals surface area contributed by atoms with Crippen LogP contribution in [0.15, 0.2) is 18.2 Å². The molecule has 0 saturated carbocycles. The highest BCUT2D eigenvalue weighted by molar-refractivity contribution is 5.53. The van der Waals surface area contributed by atoms with Crippen molar-refractivity contribution in [1.82, 2.24) is 0 Å². The summed E-state index contributed by atoms with van der Waals surface area (Å²) in [7, 11) is 0. The van der Waals surface area contributed by atoms with E-state index in [9.17, 15) is 8.78 Å². The van der Waals surface area contributed by atoms with Crippen LogP contribution in [-0.2, 0) is 19.3 Å². The van der Waals surface area contributed by atoms with Gasteiger partial charge in [0.25, 0.3) is 0 Å². The van der Waals surface area contributed by atoms with Crippen molar-refractivity contribution in [2.45, 2.75) is 79.1 Å². The van der Waals surface area contributed by atoms with Crippen LogP contribution >= 0.6 is 0 Å². The Hall–Kier alpha value is -1.97. The molecule has 1 aliphatic heterocycles. The average molecular weight is 419 g/mol. The van der Waals surface area contributed by atoms with E-state index in [0.717, 1.165) is 25.2 Å². The zero-order chi connectivity index (χ0) is 21.8. The van der Waals surface area contributed by atoms with E-state index in [1.165, 1.54) is 12.8 Å². The monoisotopic (exact) mass is 418 g/mol. The highest BCUT2D eigenvalue weighted by atomic mass is 19.2. The Bertz CT molecular complexity index is 891. The second-order valence-corrected chi connectivity index (χ2v) is 8.94. The van der Waals surface area contributed by atoms with Gasteiger partial charge >= 0.3 is 0 Å². The first-order chi connectivity index (χ1) is 14.3. The molecule has 0 spiro atoms. The third-order valence-corrected chi connectivity index (χ3v) is 6.43. The van der Waals surface area contributed by atoms with Crippen LogP contribution in [0.2, 0.25) is 0 Å². The van der Waals surface area contributed by atoms with Gasteiger partial charge in [-0.3, -0.25) is 0 Å². The molecule has 2 aromatic rings. The lowest BCUT2D eigenvalue weighted by molar-refractivity contribution is 0.375. The number of fused-ring (bicyclic) bond motifs is 2. The van der Waals surface area contributed by atoms with Gasteiger partial charge in [0.15, 0.2) is 23.1 Å². The van der Waals surface area contributed by atoms with Crippen LogP contribution < -0.4 is 4.74 Å². The fourth-order valence-electron chi connectivity index (χ4n) is 4.12. The molecule has 0 saturated heterocycles. The van der Waals surface area contributed by atoms with Crippen LogP contribution in [0.3, 0.4) is 0 Å². The van der Waals surface area contributed by atoms with Crippen molar-refractivity contribution in [3.05, 3.63) is 57.9 Å². The summed E-state index contributed by atoms with van der Waals surface area (Å²) in [6, 6.07) is 5.34. The highest BCUT2D eigenvalue weighted by Crippen LogP contribution is 2.42. The molecule has 0 bridgehead atoms. The minimum atomic E-state index is -1.01. The Morgan fingerprint density at radius 1 is 0.800 bits per heavy atom. The van der Waals surface area contributed by atoms with Crippen LogP contribution in [0.5, 0.6) is 11.5 Å². The molecule has 2 unspecified atom stereocenters. The third kappa shape index (κ3) is 4.84. The van der Waals surface area contributed by atoms with E-state index in [0.29, 0.717) is 47.4 Å². The van der Waals surface area contributed by atoms with Gasteiger partial charge in [0.2, 0.25) is 5.82 Å². The van der Waals surface area contributed by atoms with E-state index < -0.39 is 17.5 Å².